The summed E-state index contributed by atoms with van der Waals surface area (Å²) < 4.78 is 0. The predicted octanol–water partition coefficient (Wildman–Crippen LogP) is 3.61. The summed E-state index contributed by atoms with van der Waals surface area (Å²) in [6.07, 6.45) is 0. The predicted molar refractivity (Wildman–Crippen MR) is 78.2 cm³/mol. The maximum absolute atomic E-state index is 5.82. The number of hydrogen-bond donors (Lipinski definition) is 1. The van der Waals surface area contributed by atoms with E-state index in [-0.39, 0.29) is 0 Å². The topological polar surface area (TPSA) is 29.3 Å². The van der Waals surface area contributed by atoms with Crippen LogP contribution in [0.3, 0.4) is 0 Å². The molecule has 0 amide bonds. The van der Waals surface area contributed by atoms with Crippen molar-refractivity contribution >= 4 is 11.4 Å². The second kappa shape index (κ2) is 5.69. The molecular formula is C16H20N2. The summed E-state index contributed by atoms with van der Waals surface area (Å²) in [4.78, 5) is 2.29. The van der Waals surface area contributed by atoms with Gasteiger partial charge in [-0.3, -0.25) is 0 Å². The van der Waals surface area contributed by atoms with Crippen LogP contribution in [-0.4, -0.2) is 6.54 Å². The van der Waals surface area contributed by atoms with Crippen molar-refractivity contribution in [2.45, 2.75) is 20.4 Å². The summed E-state index contributed by atoms with van der Waals surface area (Å²) in [7, 11) is 0. The van der Waals surface area contributed by atoms with E-state index in [0.29, 0.717) is 6.54 Å². The summed E-state index contributed by atoms with van der Waals surface area (Å²) in [5.74, 6) is 0. The molecule has 94 valence electrons. The zero-order chi connectivity index (χ0) is 13.0. The van der Waals surface area contributed by atoms with E-state index < -0.39 is 0 Å². The Labute approximate surface area is 109 Å². The highest BCUT2D eigenvalue weighted by Crippen LogP contribution is 2.28. The fourth-order valence-electron chi connectivity index (χ4n) is 2.16. The van der Waals surface area contributed by atoms with Crippen molar-refractivity contribution in [2.75, 3.05) is 11.4 Å². The van der Waals surface area contributed by atoms with Crippen LogP contribution in [0.25, 0.3) is 0 Å². The fourth-order valence-corrected chi connectivity index (χ4v) is 2.16. The molecule has 0 aliphatic heterocycles. The lowest BCUT2D eigenvalue weighted by atomic mass is 10.1. The molecule has 0 aliphatic rings. The van der Waals surface area contributed by atoms with Gasteiger partial charge < -0.3 is 10.6 Å². The Bertz CT molecular complexity index is 503. The van der Waals surface area contributed by atoms with Gasteiger partial charge in [-0.15, -0.1) is 0 Å². The van der Waals surface area contributed by atoms with Crippen molar-refractivity contribution < 1.29 is 0 Å². The first kappa shape index (κ1) is 12.7. The number of rotatable bonds is 4. The molecule has 0 fully saturated rings. The van der Waals surface area contributed by atoms with Gasteiger partial charge in [0.1, 0.15) is 0 Å². The summed E-state index contributed by atoms with van der Waals surface area (Å²) in [5, 5.41) is 0. The first-order chi connectivity index (χ1) is 8.76. The smallest absolute Gasteiger partial charge is 0.0456 e. The molecule has 0 aliphatic carbocycles. The number of aryl methyl sites for hydroxylation is 1. The van der Waals surface area contributed by atoms with Crippen molar-refractivity contribution in [3.8, 4) is 0 Å². The number of nitrogens with two attached hydrogens (primary N) is 1. The molecule has 2 rings (SSSR count). The normalized spacial score (nSPS) is 10.4. The first-order valence-corrected chi connectivity index (χ1v) is 6.38. The lowest BCUT2D eigenvalue weighted by Crippen LogP contribution is -2.18. The third-order valence-corrected chi connectivity index (χ3v) is 3.16. The molecule has 2 aromatic carbocycles. The third kappa shape index (κ3) is 2.54. The lowest BCUT2D eigenvalue weighted by molar-refractivity contribution is 0.983. The maximum atomic E-state index is 5.82. The number of benzene rings is 2. The minimum atomic E-state index is 0.568. The van der Waals surface area contributed by atoms with Crippen LogP contribution in [0.2, 0.25) is 0 Å². The van der Waals surface area contributed by atoms with Crippen molar-refractivity contribution in [1.82, 2.24) is 0 Å². The average molecular weight is 240 g/mol. The number of anilines is 2. The molecule has 18 heavy (non-hydrogen) atoms. The second-order valence-electron chi connectivity index (χ2n) is 4.41. The van der Waals surface area contributed by atoms with Crippen LogP contribution < -0.4 is 10.6 Å². The molecule has 0 unspecified atom stereocenters. The first-order valence-electron chi connectivity index (χ1n) is 6.38. The van der Waals surface area contributed by atoms with Crippen molar-refractivity contribution in [2.24, 2.45) is 5.73 Å². The van der Waals surface area contributed by atoms with E-state index in [2.05, 4.69) is 61.2 Å². The number of hydrogen-bond acceptors (Lipinski definition) is 2. The zero-order valence-corrected chi connectivity index (χ0v) is 11.1. The molecule has 0 heterocycles. The van der Waals surface area contributed by atoms with Gasteiger partial charge in [-0.25, -0.2) is 0 Å². The van der Waals surface area contributed by atoms with Crippen LogP contribution in [0.4, 0.5) is 11.4 Å². The number of para-hydroxylation sites is 1. The molecule has 2 N–H and O–H groups in total. The van der Waals surface area contributed by atoms with E-state index >= 15 is 0 Å². The molecule has 0 radical (unpaired) electrons. The largest absolute Gasteiger partial charge is 0.342 e. The monoisotopic (exact) mass is 240 g/mol. The Morgan fingerprint density at radius 2 is 1.67 bits per heavy atom. The molecule has 0 bridgehead atoms. The van der Waals surface area contributed by atoms with Gasteiger partial charge in [0.15, 0.2) is 0 Å². The fraction of sp³-hybridized carbons (Fsp3) is 0.250. The third-order valence-electron chi connectivity index (χ3n) is 3.16. The molecule has 0 saturated carbocycles. The zero-order valence-electron chi connectivity index (χ0n) is 11.1. The second-order valence-corrected chi connectivity index (χ2v) is 4.41. The van der Waals surface area contributed by atoms with Crippen molar-refractivity contribution in [3.63, 3.8) is 0 Å². The van der Waals surface area contributed by atoms with Gasteiger partial charge in [0, 0.05) is 24.5 Å². The molecule has 2 nitrogen and oxygen atoms in total. The van der Waals surface area contributed by atoms with Crippen LogP contribution >= 0.6 is 0 Å². The standard InChI is InChI=1S/C16H20N2/c1-3-18(15-10-8-13(2)9-11-15)16-7-5-4-6-14(16)12-17/h4-11H,3,12,17H2,1-2H3. The molecule has 0 spiro atoms. The molecule has 0 saturated heterocycles. The lowest BCUT2D eigenvalue weighted by Gasteiger charge is -2.25. The summed E-state index contributed by atoms with van der Waals surface area (Å²) >= 11 is 0. The van der Waals surface area contributed by atoms with Gasteiger partial charge in [0.05, 0.1) is 0 Å². The Morgan fingerprint density at radius 3 is 2.28 bits per heavy atom. The van der Waals surface area contributed by atoms with Crippen LogP contribution in [0.5, 0.6) is 0 Å². The quantitative estimate of drug-likeness (QED) is 0.884. The van der Waals surface area contributed by atoms with Gasteiger partial charge in [-0.05, 0) is 37.6 Å². The van der Waals surface area contributed by atoms with E-state index in [0.717, 1.165) is 6.54 Å². The van der Waals surface area contributed by atoms with Crippen LogP contribution in [0, 0.1) is 6.92 Å². The van der Waals surface area contributed by atoms with Gasteiger partial charge >= 0.3 is 0 Å². The molecular weight excluding hydrogens is 220 g/mol. The minimum Gasteiger partial charge on any atom is -0.342 e. The Balaban J connectivity index is 2.41. The van der Waals surface area contributed by atoms with Crippen LogP contribution in [0.1, 0.15) is 18.1 Å². The average Bonchev–Trinajstić information content (AvgIpc) is 2.42. The SMILES string of the molecule is CCN(c1ccc(C)cc1)c1ccccc1CN. The molecule has 0 atom stereocenters. The Kier molecular flexibility index (Phi) is 4.00. The van der Waals surface area contributed by atoms with Gasteiger partial charge in [-0.2, -0.15) is 0 Å². The highest BCUT2D eigenvalue weighted by molar-refractivity contribution is 5.66. The van der Waals surface area contributed by atoms with Gasteiger partial charge in [-0.1, -0.05) is 35.9 Å². The maximum Gasteiger partial charge on any atom is 0.0456 e. The van der Waals surface area contributed by atoms with Crippen LogP contribution in [-0.2, 0) is 6.54 Å². The minimum absolute atomic E-state index is 0.568. The molecule has 2 heteroatoms. The van der Waals surface area contributed by atoms with E-state index in [1.807, 2.05) is 6.07 Å². The van der Waals surface area contributed by atoms with E-state index in [4.69, 9.17) is 5.73 Å². The van der Waals surface area contributed by atoms with E-state index in [1.54, 1.807) is 0 Å². The molecule has 2 aromatic rings. The van der Waals surface area contributed by atoms with Gasteiger partial charge in [0.25, 0.3) is 0 Å². The number of nitrogens with zero attached hydrogens (tertiary/aromatic N) is 1. The highest BCUT2D eigenvalue weighted by atomic mass is 15.1. The highest BCUT2D eigenvalue weighted by Gasteiger charge is 2.10. The summed E-state index contributed by atoms with van der Waals surface area (Å²) in [6, 6.07) is 16.9. The van der Waals surface area contributed by atoms with Gasteiger partial charge in [0.2, 0.25) is 0 Å². The van der Waals surface area contributed by atoms with Crippen molar-refractivity contribution in [3.05, 3.63) is 59.7 Å². The Morgan fingerprint density at radius 1 is 1.00 bits per heavy atom. The van der Waals surface area contributed by atoms with E-state index in [9.17, 15) is 0 Å². The Hall–Kier alpha value is -1.80. The van der Waals surface area contributed by atoms with E-state index in [1.165, 1.54) is 22.5 Å². The van der Waals surface area contributed by atoms with Crippen molar-refractivity contribution in [1.29, 1.82) is 0 Å². The summed E-state index contributed by atoms with van der Waals surface area (Å²) in [5.41, 5.74) is 10.7. The summed E-state index contributed by atoms with van der Waals surface area (Å²) in [6.45, 7) is 5.76. The van der Waals surface area contributed by atoms with Crippen LogP contribution in [0.15, 0.2) is 48.5 Å². The molecule has 0 aromatic heterocycles.